The first kappa shape index (κ1) is 19.0. The van der Waals surface area contributed by atoms with Crippen molar-refractivity contribution in [2.75, 3.05) is 13.1 Å². The lowest BCUT2D eigenvalue weighted by Gasteiger charge is -2.34. The number of nitrogens with two attached hydrogens (primary N) is 1. The second kappa shape index (κ2) is 7.99. The highest BCUT2D eigenvalue weighted by Gasteiger charge is 2.33. The fourth-order valence-corrected chi connectivity index (χ4v) is 5.03. The molecule has 8 heteroatoms. The van der Waals surface area contributed by atoms with E-state index in [9.17, 15) is 8.42 Å². The van der Waals surface area contributed by atoms with Crippen molar-refractivity contribution in [2.45, 2.75) is 36.6 Å². The Labute approximate surface area is 142 Å². The topological polar surface area (TPSA) is 63.4 Å². The van der Waals surface area contributed by atoms with Crippen molar-refractivity contribution in [3.05, 3.63) is 28.2 Å². The van der Waals surface area contributed by atoms with Gasteiger partial charge in [0.2, 0.25) is 10.0 Å². The number of hydrogen-bond donors (Lipinski definition) is 1. The van der Waals surface area contributed by atoms with Gasteiger partial charge in [-0.1, -0.05) is 29.6 Å². The van der Waals surface area contributed by atoms with Gasteiger partial charge in [-0.3, -0.25) is 0 Å². The summed E-state index contributed by atoms with van der Waals surface area (Å²) >= 11 is 11.8. The summed E-state index contributed by atoms with van der Waals surface area (Å²) in [6.45, 7) is 1.00. The lowest BCUT2D eigenvalue weighted by atomic mass is 10.0. The lowest BCUT2D eigenvalue weighted by molar-refractivity contribution is 0.243. The number of piperidine rings is 1. The van der Waals surface area contributed by atoms with E-state index < -0.39 is 10.0 Å². The first-order valence-corrected chi connectivity index (χ1v) is 8.83. The van der Waals surface area contributed by atoms with Gasteiger partial charge in [0.1, 0.15) is 0 Å². The molecule has 1 aliphatic rings. The van der Waals surface area contributed by atoms with Crippen molar-refractivity contribution in [1.82, 2.24) is 4.31 Å². The molecule has 1 aromatic rings. The monoisotopic (exact) mass is 372 g/mol. The number of rotatable bonds is 4. The molecule has 0 amide bonds. The molecule has 1 aliphatic heterocycles. The maximum absolute atomic E-state index is 12.7. The first-order valence-electron chi connectivity index (χ1n) is 6.63. The molecule has 2 rings (SSSR count). The van der Waals surface area contributed by atoms with Crippen LogP contribution in [0.2, 0.25) is 10.0 Å². The molecule has 120 valence electrons. The third-order valence-corrected chi connectivity index (χ3v) is 5.88. The zero-order valence-corrected chi connectivity index (χ0v) is 14.6. The van der Waals surface area contributed by atoms with Crippen LogP contribution >= 0.6 is 35.6 Å². The van der Waals surface area contributed by atoms with E-state index in [1.54, 1.807) is 4.31 Å². The minimum atomic E-state index is -3.57. The summed E-state index contributed by atoms with van der Waals surface area (Å²) in [6.07, 6.45) is 3.43. The van der Waals surface area contributed by atoms with Crippen LogP contribution in [0.25, 0.3) is 0 Å². The average Bonchev–Trinajstić information content (AvgIpc) is 2.38. The second-order valence-corrected chi connectivity index (χ2v) is 7.71. The molecule has 0 aliphatic carbocycles. The van der Waals surface area contributed by atoms with E-state index in [0.29, 0.717) is 29.6 Å². The summed E-state index contributed by atoms with van der Waals surface area (Å²) in [4.78, 5) is 0.152. The van der Waals surface area contributed by atoms with Gasteiger partial charge in [0, 0.05) is 22.6 Å². The highest BCUT2D eigenvalue weighted by molar-refractivity contribution is 7.89. The number of nitrogens with zero attached hydrogens (tertiary/aromatic N) is 1. The fourth-order valence-electron chi connectivity index (χ4n) is 2.58. The van der Waals surface area contributed by atoms with Crippen molar-refractivity contribution < 1.29 is 8.42 Å². The molecular weight excluding hydrogens is 355 g/mol. The third kappa shape index (κ3) is 4.47. The number of halogens is 3. The van der Waals surface area contributed by atoms with Crippen molar-refractivity contribution >= 4 is 45.6 Å². The first-order chi connectivity index (χ1) is 9.45. The number of hydrogen-bond acceptors (Lipinski definition) is 3. The molecule has 0 radical (unpaired) electrons. The Morgan fingerprint density at radius 3 is 2.38 bits per heavy atom. The SMILES string of the molecule is Cl.NCCC1CCCCN1S(=O)(=O)c1cc(Cl)cc(Cl)c1. The molecule has 1 saturated heterocycles. The Morgan fingerprint density at radius 2 is 1.81 bits per heavy atom. The van der Waals surface area contributed by atoms with Crippen LogP contribution in [0.15, 0.2) is 23.1 Å². The van der Waals surface area contributed by atoms with Gasteiger partial charge in [-0.2, -0.15) is 4.31 Å². The molecule has 1 atom stereocenters. The quantitative estimate of drug-likeness (QED) is 0.880. The molecule has 0 spiro atoms. The van der Waals surface area contributed by atoms with E-state index in [2.05, 4.69) is 0 Å². The normalized spacial score (nSPS) is 20.0. The maximum atomic E-state index is 12.7. The molecule has 1 unspecified atom stereocenters. The van der Waals surface area contributed by atoms with Crippen molar-refractivity contribution in [2.24, 2.45) is 5.73 Å². The molecule has 0 bridgehead atoms. The van der Waals surface area contributed by atoms with Crippen molar-refractivity contribution in [3.8, 4) is 0 Å². The van der Waals surface area contributed by atoms with Crippen LogP contribution in [0.4, 0.5) is 0 Å². The minimum Gasteiger partial charge on any atom is -0.330 e. The smallest absolute Gasteiger partial charge is 0.243 e. The van der Waals surface area contributed by atoms with Crippen LogP contribution in [-0.4, -0.2) is 31.9 Å². The summed E-state index contributed by atoms with van der Waals surface area (Å²) in [5, 5.41) is 0.645. The highest BCUT2D eigenvalue weighted by atomic mass is 35.5. The summed E-state index contributed by atoms with van der Waals surface area (Å²) in [5.41, 5.74) is 5.59. The van der Waals surface area contributed by atoms with Gasteiger partial charge in [0.15, 0.2) is 0 Å². The Kier molecular flexibility index (Phi) is 7.24. The number of benzene rings is 1. The molecule has 1 aromatic carbocycles. The van der Waals surface area contributed by atoms with Gasteiger partial charge < -0.3 is 5.73 Å². The van der Waals surface area contributed by atoms with E-state index in [0.717, 1.165) is 19.3 Å². The molecule has 4 nitrogen and oxygen atoms in total. The van der Waals surface area contributed by atoms with Crippen LogP contribution in [0, 0.1) is 0 Å². The van der Waals surface area contributed by atoms with Gasteiger partial charge in [-0.05, 0) is 44.0 Å². The lowest BCUT2D eigenvalue weighted by Crippen LogP contribution is -2.44. The highest BCUT2D eigenvalue weighted by Crippen LogP contribution is 2.29. The van der Waals surface area contributed by atoms with E-state index in [1.807, 2.05) is 0 Å². The Balaban J connectivity index is 0.00000220. The van der Waals surface area contributed by atoms with Crippen molar-refractivity contribution in [1.29, 1.82) is 0 Å². The number of sulfonamides is 1. The van der Waals surface area contributed by atoms with Crippen LogP contribution in [-0.2, 0) is 10.0 Å². The van der Waals surface area contributed by atoms with E-state index in [1.165, 1.54) is 18.2 Å². The van der Waals surface area contributed by atoms with Crippen molar-refractivity contribution in [3.63, 3.8) is 0 Å². The molecule has 1 fully saturated rings. The van der Waals surface area contributed by atoms with E-state index >= 15 is 0 Å². The zero-order valence-electron chi connectivity index (χ0n) is 11.5. The minimum absolute atomic E-state index is 0. The van der Waals surface area contributed by atoms with Gasteiger partial charge in [-0.25, -0.2) is 8.42 Å². The summed E-state index contributed by atoms with van der Waals surface area (Å²) in [6, 6.07) is 4.38. The molecule has 21 heavy (non-hydrogen) atoms. The van der Waals surface area contributed by atoms with Gasteiger partial charge in [-0.15, -0.1) is 12.4 Å². The molecule has 0 aromatic heterocycles. The summed E-state index contributed by atoms with van der Waals surface area (Å²) < 4.78 is 27.0. The molecular formula is C13H19Cl3N2O2S. The molecule has 2 N–H and O–H groups in total. The maximum Gasteiger partial charge on any atom is 0.243 e. The average molecular weight is 374 g/mol. The van der Waals surface area contributed by atoms with Crippen LogP contribution in [0.1, 0.15) is 25.7 Å². The summed E-state index contributed by atoms with van der Waals surface area (Å²) in [7, 11) is -3.57. The van der Waals surface area contributed by atoms with Crippen LogP contribution in [0.5, 0.6) is 0 Å². The van der Waals surface area contributed by atoms with Crippen LogP contribution in [0.3, 0.4) is 0 Å². The van der Waals surface area contributed by atoms with Gasteiger partial charge >= 0.3 is 0 Å². The van der Waals surface area contributed by atoms with Crippen LogP contribution < -0.4 is 5.73 Å². The molecule has 1 heterocycles. The second-order valence-electron chi connectivity index (χ2n) is 4.95. The summed E-state index contributed by atoms with van der Waals surface area (Å²) in [5.74, 6) is 0. The van der Waals surface area contributed by atoms with Gasteiger partial charge in [0.25, 0.3) is 0 Å². The third-order valence-electron chi connectivity index (χ3n) is 3.52. The molecule has 0 saturated carbocycles. The Hall–Kier alpha value is -0.0400. The van der Waals surface area contributed by atoms with Gasteiger partial charge in [0.05, 0.1) is 4.90 Å². The predicted molar refractivity (Wildman–Crippen MR) is 88.9 cm³/mol. The zero-order chi connectivity index (χ0) is 14.8. The largest absolute Gasteiger partial charge is 0.330 e. The Morgan fingerprint density at radius 1 is 1.19 bits per heavy atom. The standard InChI is InChI=1S/C13H18Cl2N2O2S.ClH/c14-10-7-11(15)9-13(8-10)20(18,19)17-6-2-1-3-12(17)4-5-16;/h7-9,12H,1-6,16H2;1H. The fraction of sp³-hybridized carbons (Fsp3) is 0.538. The van der Waals surface area contributed by atoms with E-state index in [-0.39, 0.29) is 23.3 Å². The van der Waals surface area contributed by atoms with E-state index in [4.69, 9.17) is 28.9 Å². The Bertz CT molecular complexity index is 559. The predicted octanol–water partition coefficient (Wildman–Crippen LogP) is 3.31.